The maximum absolute atomic E-state index is 12.4. The molecule has 3 atom stereocenters. The van der Waals surface area contributed by atoms with Crippen molar-refractivity contribution >= 4 is 23.8 Å². The molecule has 1 aliphatic heterocycles. The third-order valence-electron chi connectivity index (χ3n) is 4.36. The molecule has 6 heteroatoms. The van der Waals surface area contributed by atoms with Crippen molar-refractivity contribution in [1.29, 1.82) is 0 Å². The lowest BCUT2D eigenvalue weighted by Gasteiger charge is -2.29. The van der Waals surface area contributed by atoms with E-state index in [1.165, 1.54) is 4.90 Å². The van der Waals surface area contributed by atoms with Crippen LogP contribution in [0.4, 0.5) is 4.79 Å². The Kier molecular flexibility index (Phi) is 5.57. The van der Waals surface area contributed by atoms with Gasteiger partial charge < -0.3 is 15.3 Å². The van der Waals surface area contributed by atoms with E-state index in [1.807, 2.05) is 0 Å². The summed E-state index contributed by atoms with van der Waals surface area (Å²) in [4.78, 5) is 25.3. The molecule has 0 aromatic heterocycles. The minimum Gasteiger partial charge on any atom is -0.480 e. The molecule has 0 aromatic carbocycles. The lowest BCUT2D eigenvalue weighted by atomic mass is 10.1. The molecule has 2 fully saturated rings. The molecule has 1 saturated carbocycles. The van der Waals surface area contributed by atoms with Gasteiger partial charge in [-0.2, -0.15) is 11.8 Å². The Balaban J connectivity index is 1.99. The molecule has 1 saturated heterocycles. The maximum atomic E-state index is 12.4. The third kappa shape index (κ3) is 3.59. The molecule has 1 aliphatic carbocycles. The van der Waals surface area contributed by atoms with Gasteiger partial charge in [0.05, 0.1) is 0 Å². The Morgan fingerprint density at radius 3 is 2.65 bits per heavy atom. The normalized spacial score (nSPS) is 30.9. The monoisotopic (exact) mass is 300 g/mol. The number of carbonyl (C=O) groups excluding carboxylic acids is 1. The van der Waals surface area contributed by atoms with Crippen molar-refractivity contribution in [2.45, 2.75) is 62.3 Å². The van der Waals surface area contributed by atoms with Crippen LogP contribution in [0.5, 0.6) is 0 Å². The van der Waals surface area contributed by atoms with E-state index in [4.69, 9.17) is 0 Å². The summed E-state index contributed by atoms with van der Waals surface area (Å²) in [5, 5.41) is 12.8. The van der Waals surface area contributed by atoms with Crippen LogP contribution in [0.25, 0.3) is 0 Å². The standard InChI is InChI=1S/C14H24N2O3S/c1-20-12-8-5-6-10(12)15-14(19)16-9-4-2-3-7-11(16)13(17)18/h10-12H,2-9H2,1H3,(H,15,19)(H,17,18). The Morgan fingerprint density at radius 2 is 1.95 bits per heavy atom. The summed E-state index contributed by atoms with van der Waals surface area (Å²) in [5.41, 5.74) is 0. The molecule has 1 heterocycles. The Morgan fingerprint density at radius 1 is 1.15 bits per heavy atom. The highest BCUT2D eigenvalue weighted by atomic mass is 32.2. The van der Waals surface area contributed by atoms with E-state index in [1.54, 1.807) is 11.8 Å². The number of thioether (sulfide) groups is 1. The number of amides is 2. The average molecular weight is 300 g/mol. The molecule has 2 N–H and O–H groups in total. The lowest BCUT2D eigenvalue weighted by Crippen LogP contribution is -2.52. The first kappa shape index (κ1) is 15.5. The molecule has 2 aliphatic rings. The van der Waals surface area contributed by atoms with Crippen LogP contribution in [0.2, 0.25) is 0 Å². The zero-order valence-electron chi connectivity index (χ0n) is 12.0. The Hall–Kier alpha value is -0.910. The minimum absolute atomic E-state index is 0.190. The molecule has 5 nitrogen and oxygen atoms in total. The summed E-state index contributed by atoms with van der Waals surface area (Å²) in [6.45, 7) is 0.555. The predicted molar refractivity (Wildman–Crippen MR) is 80.1 cm³/mol. The smallest absolute Gasteiger partial charge is 0.326 e. The van der Waals surface area contributed by atoms with E-state index < -0.39 is 12.0 Å². The summed E-state index contributed by atoms with van der Waals surface area (Å²) in [7, 11) is 0. The second-order valence-electron chi connectivity index (χ2n) is 5.66. The predicted octanol–water partition coefficient (Wildman–Crippen LogP) is 2.31. The van der Waals surface area contributed by atoms with Crippen molar-refractivity contribution in [3.05, 3.63) is 0 Å². The molecule has 114 valence electrons. The van der Waals surface area contributed by atoms with Crippen LogP contribution in [0.3, 0.4) is 0 Å². The third-order valence-corrected chi connectivity index (χ3v) is 5.53. The topological polar surface area (TPSA) is 69.6 Å². The van der Waals surface area contributed by atoms with Crippen LogP contribution in [0.1, 0.15) is 44.9 Å². The first-order chi connectivity index (χ1) is 9.63. The van der Waals surface area contributed by atoms with Gasteiger partial charge in [-0.05, 0) is 31.9 Å². The summed E-state index contributed by atoms with van der Waals surface area (Å²) >= 11 is 1.79. The van der Waals surface area contributed by atoms with Crippen LogP contribution in [-0.4, -0.2) is 52.1 Å². The van der Waals surface area contributed by atoms with Gasteiger partial charge >= 0.3 is 12.0 Å². The van der Waals surface area contributed by atoms with Crippen molar-refractivity contribution in [3.8, 4) is 0 Å². The molecule has 2 amide bonds. The van der Waals surface area contributed by atoms with Gasteiger partial charge in [-0.1, -0.05) is 19.3 Å². The lowest BCUT2D eigenvalue weighted by molar-refractivity contribution is -0.142. The second-order valence-corrected chi connectivity index (χ2v) is 6.73. The second kappa shape index (κ2) is 7.20. The molecule has 20 heavy (non-hydrogen) atoms. The van der Waals surface area contributed by atoms with Gasteiger partial charge in [-0.15, -0.1) is 0 Å². The number of nitrogens with zero attached hydrogens (tertiary/aromatic N) is 1. The molecular formula is C14H24N2O3S. The number of nitrogens with one attached hydrogen (secondary N) is 1. The minimum atomic E-state index is -0.880. The van der Waals surface area contributed by atoms with E-state index in [0.717, 1.165) is 38.5 Å². The molecule has 0 spiro atoms. The van der Waals surface area contributed by atoms with Crippen molar-refractivity contribution < 1.29 is 14.7 Å². The van der Waals surface area contributed by atoms with Crippen molar-refractivity contribution in [1.82, 2.24) is 10.2 Å². The fraction of sp³-hybridized carbons (Fsp3) is 0.857. The highest BCUT2D eigenvalue weighted by Crippen LogP contribution is 2.28. The van der Waals surface area contributed by atoms with Gasteiger partial charge in [0.25, 0.3) is 0 Å². The average Bonchev–Trinajstić information content (AvgIpc) is 2.72. The molecule has 3 unspecified atom stereocenters. The quantitative estimate of drug-likeness (QED) is 0.839. The van der Waals surface area contributed by atoms with Crippen molar-refractivity contribution in [3.63, 3.8) is 0 Å². The van der Waals surface area contributed by atoms with E-state index in [0.29, 0.717) is 18.2 Å². The Labute approximate surface area is 124 Å². The van der Waals surface area contributed by atoms with Crippen molar-refractivity contribution in [2.75, 3.05) is 12.8 Å². The van der Waals surface area contributed by atoms with E-state index in [2.05, 4.69) is 11.6 Å². The van der Waals surface area contributed by atoms with E-state index in [9.17, 15) is 14.7 Å². The number of rotatable bonds is 3. The number of carbonyl (C=O) groups is 2. The van der Waals surface area contributed by atoms with Gasteiger partial charge in [-0.3, -0.25) is 0 Å². The van der Waals surface area contributed by atoms with Gasteiger partial charge in [0, 0.05) is 17.8 Å². The van der Waals surface area contributed by atoms with Crippen LogP contribution < -0.4 is 5.32 Å². The summed E-state index contributed by atoms with van der Waals surface area (Å²) in [6.07, 6.45) is 8.70. The number of hydrogen-bond donors (Lipinski definition) is 2. The fourth-order valence-electron chi connectivity index (χ4n) is 3.22. The largest absolute Gasteiger partial charge is 0.480 e. The number of likely N-dealkylation sites (tertiary alicyclic amines) is 1. The summed E-state index contributed by atoms with van der Waals surface area (Å²) in [5.74, 6) is -0.880. The van der Waals surface area contributed by atoms with E-state index in [-0.39, 0.29) is 12.1 Å². The number of hydrogen-bond acceptors (Lipinski definition) is 3. The first-order valence-corrected chi connectivity index (χ1v) is 8.75. The van der Waals surface area contributed by atoms with Gasteiger partial charge in [-0.25, -0.2) is 9.59 Å². The fourth-order valence-corrected chi connectivity index (χ4v) is 4.16. The first-order valence-electron chi connectivity index (χ1n) is 7.46. The summed E-state index contributed by atoms with van der Waals surface area (Å²) in [6, 6.07) is -0.660. The highest BCUT2D eigenvalue weighted by molar-refractivity contribution is 7.99. The molecule has 0 radical (unpaired) electrons. The van der Waals surface area contributed by atoms with Crippen molar-refractivity contribution in [2.24, 2.45) is 0 Å². The zero-order chi connectivity index (χ0) is 14.5. The highest BCUT2D eigenvalue weighted by Gasteiger charge is 2.34. The van der Waals surface area contributed by atoms with E-state index >= 15 is 0 Å². The van der Waals surface area contributed by atoms with Gasteiger partial charge in [0.2, 0.25) is 0 Å². The number of aliphatic carboxylic acids is 1. The zero-order valence-corrected chi connectivity index (χ0v) is 12.8. The Bertz CT molecular complexity index is 364. The van der Waals surface area contributed by atoms with Crippen LogP contribution in [0.15, 0.2) is 0 Å². The number of urea groups is 1. The summed E-state index contributed by atoms with van der Waals surface area (Å²) < 4.78 is 0. The molecule has 2 rings (SSSR count). The van der Waals surface area contributed by atoms with Crippen LogP contribution >= 0.6 is 11.8 Å². The SMILES string of the molecule is CSC1CCCC1NC(=O)N1CCCCCC1C(=O)O. The number of carboxylic acid groups (broad SMARTS) is 1. The van der Waals surface area contributed by atoms with Crippen LogP contribution in [0, 0.1) is 0 Å². The van der Waals surface area contributed by atoms with Crippen LogP contribution in [-0.2, 0) is 4.79 Å². The van der Waals surface area contributed by atoms with Gasteiger partial charge in [0.1, 0.15) is 6.04 Å². The van der Waals surface area contributed by atoms with Gasteiger partial charge in [0.15, 0.2) is 0 Å². The number of carboxylic acids is 1. The molecule has 0 aromatic rings. The molecular weight excluding hydrogens is 276 g/mol. The maximum Gasteiger partial charge on any atom is 0.326 e. The molecule has 0 bridgehead atoms.